The Bertz CT molecular complexity index is 1210. The van der Waals surface area contributed by atoms with Gasteiger partial charge in [0.1, 0.15) is 5.82 Å². The number of nitriles is 1. The molecule has 0 radical (unpaired) electrons. The van der Waals surface area contributed by atoms with Crippen molar-refractivity contribution in [3.05, 3.63) is 59.4 Å². The number of imidazole rings is 1. The molecule has 29 heavy (non-hydrogen) atoms. The zero-order valence-electron chi connectivity index (χ0n) is 15.5. The maximum atomic E-state index is 13.0. The molecule has 6 nitrogen and oxygen atoms in total. The first-order chi connectivity index (χ1) is 13.6. The molecule has 0 saturated heterocycles. The van der Waals surface area contributed by atoms with E-state index in [0.717, 1.165) is 12.1 Å². The Morgan fingerprint density at radius 1 is 1.24 bits per heavy atom. The van der Waals surface area contributed by atoms with Crippen LogP contribution in [-0.4, -0.2) is 18.0 Å². The van der Waals surface area contributed by atoms with Gasteiger partial charge < -0.3 is 4.57 Å². The Balaban J connectivity index is 2.00. The molecule has 10 heteroatoms. The van der Waals surface area contributed by atoms with Gasteiger partial charge in [0, 0.05) is 6.54 Å². The van der Waals surface area contributed by atoms with Crippen LogP contribution in [0.15, 0.2) is 47.4 Å². The second-order valence-corrected chi connectivity index (χ2v) is 8.11. The lowest BCUT2D eigenvalue weighted by Gasteiger charge is -2.16. The van der Waals surface area contributed by atoms with Gasteiger partial charge in [0.15, 0.2) is 0 Å². The fraction of sp³-hybridized carbons (Fsp3) is 0.263. The highest BCUT2D eigenvalue weighted by Gasteiger charge is 2.31. The van der Waals surface area contributed by atoms with Gasteiger partial charge >= 0.3 is 6.18 Å². The predicted molar refractivity (Wildman–Crippen MR) is 100 cm³/mol. The zero-order valence-corrected chi connectivity index (χ0v) is 16.3. The van der Waals surface area contributed by atoms with Gasteiger partial charge in [-0.3, -0.25) is 0 Å². The van der Waals surface area contributed by atoms with E-state index in [0.29, 0.717) is 17.9 Å². The molecule has 0 amide bonds. The van der Waals surface area contributed by atoms with Gasteiger partial charge in [0.25, 0.3) is 0 Å². The third-order valence-electron chi connectivity index (χ3n) is 4.41. The number of fused-ring (bicyclic) bond motifs is 1. The maximum absolute atomic E-state index is 13.0. The number of nitrogens with one attached hydrogen (secondary N) is 1. The second kappa shape index (κ2) is 7.50. The average Bonchev–Trinajstić information content (AvgIpc) is 3.05. The van der Waals surface area contributed by atoms with Gasteiger partial charge in [-0.1, -0.05) is 6.07 Å². The number of nitrogens with zero attached hydrogens (tertiary/aromatic N) is 3. The van der Waals surface area contributed by atoms with Crippen LogP contribution in [0.2, 0.25) is 0 Å². The Kier molecular flexibility index (Phi) is 5.38. The number of rotatable bonds is 5. The number of aryl methyl sites for hydroxylation is 1. The highest BCUT2D eigenvalue weighted by atomic mass is 32.2. The van der Waals surface area contributed by atoms with Gasteiger partial charge in [-0.05, 0) is 50.2 Å². The van der Waals surface area contributed by atoms with Crippen LogP contribution in [0.4, 0.5) is 13.2 Å². The van der Waals surface area contributed by atoms with Crippen LogP contribution in [0.3, 0.4) is 0 Å². The van der Waals surface area contributed by atoms with Crippen molar-refractivity contribution >= 4 is 21.1 Å². The molecule has 0 aliphatic carbocycles. The zero-order chi connectivity index (χ0) is 21.4. The minimum Gasteiger partial charge on any atom is -0.327 e. The van der Waals surface area contributed by atoms with Crippen LogP contribution < -0.4 is 4.72 Å². The predicted octanol–water partition coefficient (Wildman–Crippen LogP) is 3.99. The first-order valence-corrected chi connectivity index (χ1v) is 10.1. The Morgan fingerprint density at radius 3 is 2.59 bits per heavy atom. The summed E-state index contributed by atoms with van der Waals surface area (Å²) in [6, 6.07) is 9.83. The quantitative estimate of drug-likeness (QED) is 0.674. The molecule has 3 rings (SSSR count). The van der Waals surface area contributed by atoms with Crippen molar-refractivity contribution in [3.63, 3.8) is 0 Å². The van der Waals surface area contributed by atoms with Crippen molar-refractivity contribution in [1.82, 2.24) is 14.3 Å². The summed E-state index contributed by atoms with van der Waals surface area (Å²) in [6.45, 7) is 3.61. The van der Waals surface area contributed by atoms with Crippen molar-refractivity contribution in [2.75, 3.05) is 0 Å². The van der Waals surface area contributed by atoms with E-state index in [2.05, 4.69) is 9.71 Å². The molecule has 1 N–H and O–H groups in total. The van der Waals surface area contributed by atoms with Crippen molar-refractivity contribution < 1.29 is 21.6 Å². The van der Waals surface area contributed by atoms with Gasteiger partial charge in [-0.25, -0.2) is 18.1 Å². The summed E-state index contributed by atoms with van der Waals surface area (Å²) >= 11 is 0. The maximum Gasteiger partial charge on any atom is 0.416 e. The molecule has 0 spiro atoms. The van der Waals surface area contributed by atoms with Gasteiger partial charge in [-0.15, -0.1) is 0 Å². The molecule has 1 heterocycles. The monoisotopic (exact) mass is 422 g/mol. The molecule has 0 fully saturated rings. The summed E-state index contributed by atoms with van der Waals surface area (Å²) in [5.41, 5.74) is 0.0101. The number of sulfonamides is 1. The average molecular weight is 422 g/mol. The fourth-order valence-electron chi connectivity index (χ4n) is 3.07. The first kappa shape index (κ1) is 20.8. The number of hydrogen-bond acceptors (Lipinski definition) is 4. The molecular formula is C19H17F3N4O2S. The summed E-state index contributed by atoms with van der Waals surface area (Å²) in [7, 11) is -3.97. The van der Waals surface area contributed by atoms with Gasteiger partial charge in [0.05, 0.1) is 39.2 Å². The van der Waals surface area contributed by atoms with Crippen LogP contribution >= 0.6 is 0 Å². The minimum absolute atomic E-state index is 0.0816. The van der Waals surface area contributed by atoms with Crippen molar-refractivity contribution in [2.45, 2.75) is 37.5 Å². The molecular weight excluding hydrogens is 405 g/mol. The van der Waals surface area contributed by atoms with E-state index in [1.54, 1.807) is 18.4 Å². The molecule has 0 aliphatic rings. The van der Waals surface area contributed by atoms with Gasteiger partial charge in [-0.2, -0.15) is 18.4 Å². The summed E-state index contributed by atoms with van der Waals surface area (Å²) < 4.78 is 68.5. The molecule has 3 aromatic rings. The minimum atomic E-state index is -4.49. The summed E-state index contributed by atoms with van der Waals surface area (Å²) in [5, 5.41) is 8.96. The molecule has 0 aliphatic heterocycles. The number of alkyl halides is 3. The molecule has 2 aromatic carbocycles. The molecule has 152 valence electrons. The first-order valence-electron chi connectivity index (χ1n) is 8.66. The third kappa shape index (κ3) is 4.11. The smallest absolute Gasteiger partial charge is 0.327 e. The van der Waals surface area contributed by atoms with Crippen LogP contribution in [0.25, 0.3) is 11.0 Å². The number of benzene rings is 2. The topological polar surface area (TPSA) is 87.8 Å². The van der Waals surface area contributed by atoms with E-state index in [1.807, 2.05) is 6.07 Å². The number of hydrogen-bond donors (Lipinski definition) is 1. The van der Waals surface area contributed by atoms with Crippen LogP contribution in [0.5, 0.6) is 0 Å². The summed E-state index contributed by atoms with van der Waals surface area (Å²) in [6.07, 6.45) is -4.49. The molecule has 0 bridgehead atoms. The lowest BCUT2D eigenvalue weighted by atomic mass is 10.2. The van der Waals surface area contributed by atoms with Crippen molar-refractivity contribution in [2.24, 2.45) is 0 Å². The van der Waals surface area contributed by atoms with E-state index < -0.39 is 27.8 Å². The van der Waals surface area contributed by atoms with Crippen molar-refractivity contribution in [3.8, 4) is 6.07 Å². The standard InChI is InChI=1S/C19H17F3N4O2S/c1-3-26-17-10-14(19(20,21)22)7-8-16(17)24-18(26)12(2)25-29(27,28)15-6-4-5-13(9-15)11-23/h4-10,12,25H,3H2,1-2H3/t12-/m1/s1. The van der Waals surface area contributed by atoms with E-state index in [9.17, 15) is 21.6 Å². The highest BCUT2D eigenvalue weighted by molar-refractivity contribution is 7.89. The lowest BCUT2D eigenvalue weighted by Crippen LogP contribution is -2.29. The van der Waals surface area contributed by atoms with Crippen LogP contribution in [-0.2, 0) is 22.7 Å². The number of aromatic nitrogens is 2. The second-order valence-electron chi connectivity index (χ2n) is 6.40. The largest absolute Gasteiger partial charge is 0.416 e. The van der Waals surface area contributed by atoms with E-state index >= 15 is 0 Å². The highest BCUT2D eigenvalue weighted by Crippen LogP contribution is 2.32. The van der Waals surface area contributed by atoms with Crippen molar-refractivity contribution in [1.29, 1.82) is 5.26 Å². The van der Waals surface area contributed by atoms with Crippen LogP contribution in [0, 0.1) is 11.3 Å². The van der Waals surface area contributed by atoms with E-state index in [1.165, 1.54) is 30.3 Å². The Labute approximate surface area is 165 Å². The van der Waals surface area contributed by atoms with E-state index in [-0.39, 0.29) is 16.0 Å². The number of halogens is 3. The molecule has 0 unspecified atom stereocenters. The van der Waals surface area contributed by atoms with Gasteiger partial charge in [0.2, 0.25) is 10.0 Å². The summed E-state index contributed by atoms with van der Waals surface area (Å²) in [4.78, 5) is 4.25. The Morgan fingerprint density at radius 2 is 1.97 bits per heavy atom. The SMILES string of the molecule is CCn1c([C@@H](C)NS(=O)(=O)c2cccc(C#N)c2)nc2ccc(C(F)(F)F)cc21. The Hall–Kier alpha value is -2.90. The fourth-order valence-corrected chi connectivity index (χ4v) is 4.31. The van der Waals surface area contributed by atoms with E-state index in [4.69, 9.17) is 5.26 Å². The summed E-state index contributed by atoms with van der Waals surface area (Å²) in [5.74, 6) is 0.293. The van der Waals surface area contributed by atoms with Crippen LogP contribution in [0.1, 0.15) is 36.8 Å². The normalized spacial score (nSPS) is 13.4. The molecule has 0 saturated carbocycles. The third-order valence-corrected chi connectivity index (χ3v) is 5.95. The lowest BCUT2D eigenvalue weighted by molar-refractivity contribution is -0.137. The molecule has 1 atom stereocenters. The molecule has 1 aromatic heterocycles.